The van der Waals surface area contributed by atoms with Gasteiger partial charge in [-0.1, -0.05) is 24.3 Å². The molecule has 1 unspecified atom stereocenters. The third kappa shape index (κ3) is 5.13. The van der Waals surface area contributed by atoms with Crippen LogP contribution in [0.4, 0.5) is 4.79 Å². The number of aromatic nitrogens is 4. The van der Waals surface area contributed by atoms with Gasteiger partial charge >= 0.3 is 6.09 Å². The van der Waals surface area contributed by atoms with E-state index in [1.54, 1.807) is 12.4 Å². The molecular weight excluding hydrogens is 432 g/mol. The molecule has 9 nitrogen and oxygen atoms in total. The van der Waals surface area contributed by atoms with Gasteiger partial charge in [0.05, 0.1) is 0 Å². The molecule has 0 saturated heterocycles. The second-order valence-electron chi connectivity index (χ2n) is 8.93. The first kappa shape index (κ1) is 22.2. The number of ether oxygens (including phenoxy) is 1. The van der Waals surface area contributed by atoms with Crippen LogP contribution in [0.1, 0.15) is 54.1 Å². The van der Waals surface area contributed by atoms with Crippen molar-refractivity contribution in [2.24, 2.45) is 0 Å². The van der Waals surface area contributed by atoms with Gasteiger partial charge in [-0.2, -0.15) is 0 Å². The molecule has 1 aromatic carbocycles. The summed E-state index contributed by atoms with van der Waals surface area (Å²) in [4.78, 5) is 33.2. The number of imidazole rings is 2. The van der Waals surface area contributed by atoms with E-state index in [1.165, 1.54) is 0 Å². The van der Waals surface area contributed by atoms with E-state index < -0.39 is 6.09 Å². The summed E-state index contributed by atoms with van der Waals surface area (Å²) in [5.74, 6) is 2.12. The minimum atomic E-state index is -0.412. The van der Waals surface area contributed by atoms with Gasteiger partial charge in [0, 0.05) is 69.7 Å². The molecule has 0 bridgehead atoms. The van der Waals surface area contributed by atoms with Crippen molar-refractivity contribution in [3.8, 4) is 0 Å². The number of hydrogen-bond acceptors (Lipinski definition) is 5. The van der Waals surface area contributed by atoms with E-state index in [9.17, 15) is 9.59 Å². The Morgan fingerprint density at radius 3 is 2.41 bits per heavy atom. The number of fused-ring (bicyclic) bond motifs is 2. The Kier molecular flexibility index (Phi) is 6.60. The average molecular weight is 463 g/mol. The summed E-state index contributed by atoms with van der Waals surface area (Å²) in [7, 11) is 0. The van der Waals surface area contributed by atoms with Crippen molar-refractivity contribution in [1.82, 2.24) is 29.7 Å². The molecule has 2 aliphatic rings. The van der Waals surface area contributed by atoms with Crippen LogP contribution in [0.2, 0.25) is 0 Å². The Morgan fingerprint density at radius 2 is 1.62 bits per heavy atom. The third-order valence-electron chi connectivity index (χ3n) is 6.59. The lowest BCUT2D eigenvalue weighted by atomic mass is 10.0. The van der Waals surface area contributed by atoms with E-state index >= 15 is 0 Å². The summed E-state index contributed by atoms with van der Waals surface area (Å²) >= 11 is 0. The van der Waals surface area contributed by atoms with Crippen molar-refractivity contribution in [2.75, 3.05) is 13.1 Å². The van der Waals surface area contributed by atoms with Crippen molar-refractivity contribution in [3.05, 3.63) is 71.8 Å². The quantitative estimate of drug-likeness (QED) is 0.509. The minimum Gasteiger partial charge on any atom is -0.438 e. The van der Waals surface area contributed by atoms with E-state index in [1.807, 2.05) is 29.1 Å². The number of rotatable bonds is 9. The first-order chi connectivity index (χ1) is 16.7. The fourth-order valence-corrected chi connectivity index (χ4v) is 4.84. The number of amides is 2. The number of benzene rings is 1. The highest BCUT2D eigenvalue weighted by Crippen LogP contribution is 2.29. The van der Waals surface area contributed by atoms with Crippen LogP contribution < -0.4 is 10.6 Å². The lowest BCUT2D eigenvalue weighted by Gasteiger charge is -2.12. The Morgan fingerprint density at radius 1 is 0.941 bits per heavy atom. The van der Waals surface area contributed by atoms with Crippen LogP contribution in [-0.2, 0) is 35.5 Å². The molecule has 2 N–H and O–H groups in total. The molecule has 3 aromatic rings. The average Bonchev–Trinajstić information content (AvgIpc) is 3.59. The van der Waals surface area contributed by atoms with Gasteiger partial charge < -0.3 is 24.5 Å². The maximum atomic E-state index is 12.4. The molecule has 0 spiro atoms. The monoisotopic (exact) mass is 462 g/mol. The topological polar surface area (TPSA) is 103 Å². The SMILES string of the molecule is O=C(CC1CCn2ccnc21)NCCc1cccc(CCNC(=O)O[C@@H]2CCn3ccnc32)c1. The molecule has 5 rings (SSSR count). The maximum absolute atomic E-state index is 12.4. The molecule has 2 atom stereocenters. The van der Waals surface area contributed by atoms with Gasteiger partial charge in [-0.25, -0.2) is 14.8 Å². The number of nitrogens with zero attached hydrogens (tertiary/aromatic N) is 4. The van der Waals surface area contributed by atoms with Gasteiger partial charge in [0.1, 0.15) is 11.6 Å². The summed E-state index contributed by atoms with van der Waals surface area (Å²) in [6.45, 7) is 2.87. The fourth-order valence-electron chi connectivity index (χ4n) is 4.84. The van der Waals surface area contributed by atoms with Crippen LogP contribution in [0, 0.1) is 0 Å². The summed E-state index contributed by atoms with van der Waals surface area (Å²) < 4.78 is 9.65. The summed E-state index contributed by atoms with van der Waals surface area (Å²) in [5, 5.41) is 5.88. The third-order valence-corrected chi connectivity index (χ3v) is 6.59. The molecule has 0 aliphatic carbocycles. The number of hydrogen-bond donors (Lipinski definition) is 2. The largest absolute Gasteiger partial charge is 0.438 e. The standard InChI is InChI=1S/C25H30N6O3/c32-22(17-20-6-12-30-14-10-27-23(20)30)26-8-4-18-2-1-3-19(16-18)5-9-29-25(33)34-21-7-13-31-15-11-28-24(21)31/h1-3,10-11,14-16,20-21H,4-9,12-13,17H2,(H,26,32)(H,29,33)/t20?,21-/m1/s1. The summed E-state index contributed by atoms with van der Waals surface area (Å²) in [5.41, 5.74) is 2.30. The van der Waals surface area contributed by atoms with Crippen LogP contribution in [0.3, 0.4) is 0 Å². The molecule has 4 heterocycles. The van der Waals surface area contributed by atoms with Crippen molar-refractivity contribution < 1.29 is 14.3 Å². The summed E-state index contributed by atoms with van der Waals surface area (Å²) in [6, 6.07) is 8.25. The van der Waals surface area contributed by atoms with Crippen molar-refractivity contribution >= 4 is 12.0 Å². The zero-order valence-corrected chi connectivity index (χ0v) is 19.2. The number of carbonyl (C=O) groups excluding carboxylic acids is 2. The normalized spacial score (nSPS) is 18.4. The Labute approximate surface area is 198 Å². The van der Waals surface area contributed by atoms with Crippen LogP contribution in [0.25, 0.3) is 0 Å². The zero-order chi connectivity index (χ0) is 23.3. The number of aryl methyl sites for hydroxylation is 2. The van der Waals surface area contributed by atoms with Crippen molar-refractivity contribution in [3.63, 3.8) is 0 Å². The minimum absolute atomic E-state index is 0.0741. The Bertz CT molecular complexity index is 1070. The molecule has 0 radical (unpaired) electrons. The lowest BCUT2D eigenvalue weighted by molar-refractivity contribution is -0.121. The van der Waals surface area contributed by atoms with Gasteiger partial charge in [-0.05, 0) is 30.4 Å². The number of alkyl carbamates (subject to hydrolysis) is 1. The molecule has 0 fully saturated rings. The van der Waals surface area contributed by atoms with Gasteiger partial charge in [0.15, 0.2) is 6.10 Å². The predicted molar refractivity (Wildman–Crippen MR) is 125 cm³/mol. The number of carbonyl (C=O) groups is 2. The summed E-state index contributed by atoms with van der Waals surface area (Å²) in [6.07, 6.45) is 10.4. The van der Waals surface area contributed by atoms with Crippen LogP contribution in [-0.4, -0.2) is 44.2 Å². The molecule has 2 amide bonds. The van der Waals surface area contributed by atoms with E-state index in [0.717, 1.165) is 55.1 Å². The van der Waals surface area contributed by atoms with Gasteiger partial charge in [-0.3, -0.25) is 4.79 Å². The Balaban J connectivity index is 1.01. The highest BCUT2D eigenvalue weighted by molar-refractivity contribution is 5.76. The molecular formula is C25H30N6O3. The second-order valence-corrected chi connectivity index (χ2v) is 8.93. The highest BCUT2D eigenvalue weighted by atomic mass is 16.6. The van der Waals surface area contributed by atoms with Crippen LogP contribution in [0.15, 0.2) is 49.1 Å². The van der Waals surface area contributed by atoms with Gasteiger partial charge in [0.25, 0.3) is 0 Å². The molecule has 2 aromatic heterocycles. The molecule has 2 aliphatic heterocycles. The second kappa shape index (κ2) is 10.1. The lowest BCUT2D eigenvalue weighted by Crippen LogP contribution is -2.28. The van der Waals surface area contributed by atoms with E-state index in [4.69, 9.17) is 4.74 Å². The molecule has 0 saturated carbocycles. The zero-order valence-electron chi connectivity index (χ0n) is 19.2. The molecule has 34 heavy (non-hydrogen) atoms. The van der Waals surface area contributed by atoms with Gasteiger partial charge in [-0.15, -0.1) is 0 Å². The highest BCUT2D eigenvalue weighted by Gasteiger charge is 2.27. The maximum Gasteiger partial charge on any atom is 0.407 e. The first-order valence-corrected chi connectivity index (χ1v) is 12.0. The number of nitrogens with one attached hydrogen (secondary N) is 2. The Hall–Kier alpha value is -3.62. The van der Waals surface area contributed by atoms with E-state index in [-0.39, 0.29) is 17.9 Å². The van der Waals surface area contributed by atoms with E-state index in [2.05, 4.69) is 37.3 Å². The molecule has 9 heteroatoms. The first-order valence-electron chi connectivity index (χ1n) is 12.0. The predicted octanol–water partition coefficient (Wildman–Crippen LogP) is 2.73. The fraction of sp³-hybridized carbons (Fsp3) is 0.440. The molecule has 178 valence electrons. The van der Waals surface area contributed by atoms with Crippen molar-refractivity contribution in [1.29, 1.82) is 0 Å². The smallest absolute Gasteiger partial charge is 0.407 e. The van der Waals surface area contributed by atoms with Gasteiger partial charge in [0.2, 0.25) is 5.91 Å². The van der Waals surface area contributed by atoms with Crippen molar-refractivity contribution in [2.45, 2.75) is 57.2 Å². The van der Waals surface area contributed by atoms with Crippen LogP contribution >= 0.6 is 0 Å². The van der Waals surface area contributed by atoms with Crippen LogP contribution in [0.5, 0.6) is 0 Å². The van der Waals surface area contributed by atoms with E-state index in [0.29, 0.717) is 25.9 Å².